The third-order valence-electron chi connectivity index (χ3n) is 2.34. The predicted octanol–water partition coefficient (Wildman–Crippen LogP) is 3.27. The molecule has 110 valence electrons. The molecule has 2 rings (SSSR count). The van der Waals surface area contributed by atoms with Crippen molar-refractivity contribution in [3.63, 3.8) is 0 Å². The second-order valence-corrected chi connectivity index (χ2v) is 5.40. The molecule has 8 heteroatoms. The zero-order valence-corrected chi connectivity index (χ0v) is 12.4. The van der Waals surface area contributed by atoms with E-state index in [4.69, 9.17) is 4.74 Å². The second kappa shape index (κ2) is 6.57. The molecule has 0 aliphatic carbocycles. The Bertz CT molecular complexity index is 650. The Morgan fingerprint density at radius 1 is 1.33 bits per heavy atom. The van der Waals surface area contributed by atoms with Crippen LogP contribution in [0.15, 0.2) is 30.6 Å². The van der Waals surface area contributed by atoms with E-state index in [1.807, 2.05) is 0 Å². The Hall–Kier alpha value is -2.09. The van der Waals surface area contributed by atoms with Crippen LogP contribution in [0, 0.1) is 11.6 Å². The summed E-state index contributed by atoms with van der Waals surface area (Å²) in [6.45, 7) is 1.68. The van der Waals surface area contributed by atoms with E-state index in [1.165, 1.54) is 18.3 Å². The van der Waals surface area contributed by atoms with Crippen molar-refractivity contribution in [3.05, 3.63) is 42.2 Å². The molecule has 2 aromatic heterocycles. The summed E-state index contributed by atoms with van der Waals surface area (Å²) in [6.07, 6.45) is 2.14. The first kappa shape index (κ1) is 15.3. The molecule has 0 radical (unpaired) electrons. The van der Waals surface area contributed by atoms with Crippen LogP contribution in [0.5, 0.6) is 11.6 Å². The number of alkyl halides is 1. The highest BCUT2D eigenvalue weighted by molar-refractivity contribution is 9.10. The van der Waals surface area contributed by atoms with Gasteiger partial charge in [-0.15, -0.1) is 0 Å². The number of anilines is 1. The van der Waals surface area contributed by atoms with E-state index >= 15 is 0 Å². The van der Waals surface area contributed by atoms with Gasteiger partial charge in [0.05, 0.1) is 17.2 Å². The Morgan fingerprint density at radius 3 is 2.67 bits per heavy atom. The molecular weight excluding hydrogens is 348 g/mol. The Balaban J connectivity index is 2.07. The Morgan fingerprint density at radius 2 is 2.10 bits per heavy atom. The van der Waals surface area contributed by atoms with Gasteiger partial charge >= 0.3 is 0 Å². The molecule has 5 nitrogen and oxygen atoms in total. The summed E-state index contributed by atoms with van der Waals surface area (Å²) in [5.41, 5.74) is 0. The zero-order valence-electron chi connectivity index (χ0n) is 10.8. The number of nitrogens with zero attached hydrogens (tertiary/aromatic N) is 2. The number of amides is 1. The van der Waals surface area contributed by atoms with E-state index in [-0.39, 0.29) is 22.4 Å². The van der Waals surface area contributed by atoms with Crippen LogP contribution in [0.3, 0.4) is 0 Å². The third-order valence-corrected chi connectivity index (χ3v) is 2.75. The van der Waals surface area contributed by atoms with Gasteiger partial charge in [-0.1, -0.05) is 15.9 Å². The molecule has 21 heavy (non-hydrogen) atoms. The van der Waals surface area contributed by atoms with Gasteiger partial charge in [-0.2, -0.15) is 0 Å². The Labute approximate surface area is 127 Å². The van der Waals surface area contributed by atoms with E-state index in [2.05, 4.69) is 31.2 Å². The molecule has 0 aliphatic rings. The fraction of sp³-hybridized carbons (Fsp3) is 0.154. The highest BCUT2D eigenvalue weighted by Crippen LogP contribution is 2.22. The average molecular weight is 358 g/mol. The minimum absolute atomic E-state index is 0.206. The number of aromatic nitrogens is 2. The molecule has 2 heterocycles. The lowest BCUT2D eigenvalue weighted by molar-refractivity contribution is -0.115. The summed E-state index contributed by atoms with van der Waals surface area (Å²) in [5, 5.41) is 2.56. The SMILES string of the molecule is CC(Br)C(=O)Nc1ccc(Oc2ncc(F)cc2F)cn1. The minimum atomic E-state index is -0.916. The van der Waals surface area contributed by atoms with Gasteiger partial charge in [0.15, 0.2) is 5.82 Å². The van der Waals surface area contributed by atoms with Crippen LogP contribution < -0.4 is 10.1 Å². The van der Waals surface area contributed by atoms with E-state index in [1.54, 1.807) is 6.92 Å². The van der Waals surface area contributed by atoms with Crippen molar-refractivity contribution in [1.29, 1.82) is 0 Å². The highest BCUT2D eigenvalue weighted by Gasteiger charge is 2.11. The van der Waals surface area contributed by atoms with Crippen LogP contribution in [0.25, 0.3) is 0 Å². The fourth-order valence-electron chi connectivity index (χ4n) is 1.33. The topological polar surface area (TPSA) is 64.1 Å². The van der Waals surface area contributed by atoms with Gasteiger partial charge in [0.2, 0.25) is 5.91 Å². The number of halogens is 3. The monoisotopic (exact) mass is 357 g/mol. The number of nitrogens with one attached hydrogen (secondary N) is 1. The second-order valence-electron chi connectivity index (χ2n) is 4.03. The molecule has 0 spiro atoms. The number of hydrogen-bond donors (Lipinski definition) is 1. The van der Waals surface area contributed by atoms with Crippen molar-refractivity contribution in [2.24, 2.45) is 0 Å². The molecule has 1 N–H and O–H groups in total. The van der Waals surface area contributed by atoms with Crippen molar-refractivity contribution in [2.75, 3.05) is 5.32 Å². The maximum Gasteiger partial charge on any atom is 0.256 e. The van der Waals surface area contributed by atoms with Gasteiger partial charge in [-0.3, -0.25) is 4.79 Å². The van der Waals surface area contributed by atoms with Crippen molar-refractivity contribution in [3.8, 4) is 11.6 Å². The van der Waals surface area contributed by atoms with E-state index in [9.17, 15) is 13.6 Å². The average Bonchev–Trinajstić information content (AvgIpc) is 2.43. The van der Waals surface area contributed by atoms with E-state index in [0.717, 1.165) is 6.20 Å². The van der Waals surface area contributed by atoms with Crippen molar-refractivity contribution < 1.29 is 18.3 Å². The van der Waals surface area contributed by atoms with Crippen molar-refractivity contribution in [2.45, 2.75) is 11.8 Å². The normalized spacial score (nSPS) is 11.8. The van der Waals surface area contributed by atoms with Crippen LogP contribution in [-0.2, 0) is 4.79 Å². The first-order valence-electron chi connectivity index (χ1n) is 5.85. The van der Waals surface area contributed by atoms with E-state index in [0.29, 0.717) is 11.9 Å². The molecular formula is C13H10BrF2N3O2. The fourth-order valence-corrected chi connectivity index (χ4v) is 1.44. The third kappa shape index (κ3) is 4.19. The van der Waals surface area contributed by atoms with Crippen LogP contribution in [0.4, 0.5) is 14.6 Å². The lowest BCUT2D eigenvalue weighted by Crippen LogP contribution is -2.20. The lowest BCUT2D eigenvalue weighted by atomic mass is 10.4. The largest absolute Gasteiger partial charge is 0.435 e. The number of carbonyl (C=O) groups excluding carboxylic acids is 1. The highest BCUT2D eigenvalue weighted by atomic mass is 79.9. The predicted molar refractivity (Wildman–Crippen MR) is 75.5 cm³/mol. The van der Waals surface area contributed by atoms with Gasteiger partial charge in [0, 0.05) is 6.07 Å². The van der Waals surface area contributed by atoms with Gasteiger partial charge in [0.25, 0.3) is 5.88 Å². The van der Waals surface area contributed by atoms with Crippen molar-refractivity contribution >= 4 is 27.7 Å². The first-order chi connectivity index (χ1) is 9.95. The number of hydrogen-bond acceptors (Lipinski definition) is 4. The van der Waals surface area contributed by atoms with Gasteiger partial charge in [-0.05, 0) is 19.1 Å². The summed E-state index contributed by atoms with van der Waals surface area (Å²) < 4.78 is 31.2. The number of pyridine rings is 2. The van der Waals surface area contributed by atoms with Crippen LogP contribution in [0.1, 0.15) is 6.92 Å². The number of ether oxygens (including phenoxy) is 1. The first-order valence-corrected chi connectivity index (χ1v) is 6.77. The molecule has 0 aliphatic heterocycles. The quantitative estimate of drug-likeness (QED) is 0.853. The van der Waals surface area contributed by atoms with Gasteiger partial charge in [0.1, 0.15) is 17.4 Å². The van der Waals surface area contributed by atoms with Crippen molar-refractivity contribution in [1.82, 2.24) is 9.97 Å². The van der Waals surface area contributed by atoms with Crippen LogP contribution in [0.2, 0.25) is 0 Å². The maximum atomic E-state index is 13.4. The van der Waals surface area contributed by atoms with Gasteiger partial charge in [-0.25, -0.2) is 18.7 Å². The summed E-state index contributed by atoms with van der Waals surface area (Å²) in [4.78, 5) is 18.5. The summed E-state index contributed by atoms with van der Waals surface area (Å²) in [6, 6.07) is 3.64. The lowest BCUT2D eigenvalue weighted by Gasteiger charge is -2.08. The summed E-state index contributed by atoms with van der Waals surface area (Å²) in [7, 11) is 0. The molecule has 1 unspecified atom stereocenters. The maximum absolute atomic E-state index is 13.4. The Kier molecular flexibility index (Phi) is 4.79. The molecule has 0 saturated heterocycles. The smallest absolute Gasteiger partial charge is 0.256 e. The van der Waals surface area contributed by atoms with Crippen LogP contribution >= 0.6 is 15.9 Å². The summed E-state index contributed by atoms with van der Waals surface area (Å²) >= 11 is 3.12. The molecule has 0 bridgehead atoms. The molecule has 2 aromatic rings. The minimum Gasteiger partial charge on any atom is -0.435 e. The molecule has 0 fully saturated rings. The summed E-state index contributed by atoms with van der Waals surface area (Å²) in [5.74, 6) is -1.78. The zero-order chi connectivity index (χ0) is 15.4. The van der Waals surface area contributed by atoms with E-state index < -0.39 is 11.6 Å². The molecule has 0 saturated carbocycles. The number of carbonyl (C=O) groups is 1. The molecule has 1 amide bonds. The standard InChI is InChI=1S/C13H10BrF2N3O2/c1-7(14)12(20)19-11-3-2-9(6-17-11)21-13-10(16)4-8(15)5-18-13/h2-7H,1H3,(H,17,19,20). The number of rotatable bonds is 4. The molecule has 1 atom stereocenters. The molecule has 0 aromatic carbocycles. The van der Waals surface area contributed by atoms with Gasteiger partial charge < -0.3 is 10.1 Å². The van der Waals surface area contributed by atoms with Crippen LogP contribution in [-0.4, -0.2) is 20.7 Å².